The van der Waals surface area contributed by atoms with Crippen molar-refractivity contribution < 1.29 is 14.6 Å². The molecule has 2 saturated carbocycles. The number of hydrogen-bond donors (Lipinski definition) is 3. The number of hydrogen-bond acceptors (Lipinski definition) is 6. The Morgan fingerprint density at radius 3 is 2.59 bits per heavy atom. The van der Waals surface area contributed by atoms with E-state index in [1.807, 2.05) is 30.3 Å². The molecule has 8 nitrogen and oxygen atoms in total. The van der Waals surface area contributed by atoms with Crippen molar-refractivity contribution in [3.05, 3.63) is 77.9 Å². The van der Waals surface area contributed by atoms with Crippen LogP contribution in [0, 0.1) is 11.8 Å². The first-order valence-corrected chi connectivity index (χ1v) is 14.0. The van der Waals surface area contributed by atoms with Crippen LogP contribution in [0.3, 0.4) is 0 Å². The first-order valence-electron chi connectivity index (χ1n) is 14.0. The van der Waals surface area contributed by atoms with Crippen LogP contribution in [-0.2, 0) is 0 Å². The standard InChI is InChI=1S/C31H39N5O3/c1-3-29(20-9-5-4-6-10-20)39-24-14-8-12-22(16-24)21-11-7-13-23(15-21)36-30(27(18-34-36)31(37)38)26-17-25(26)28(32)19-35(2)33/h7-8,11-16,18-20,25-26,29H,3-6,9-10,17,32-33H2,1-2H3,(H,37,38)/b28-19-/t25-,26?,29?/m0/s1. The molecular weight excluding hydrogens is 490 g/mol. The number of benzene rings is 2. The number of nitrogens with two attached hydrogens (primary N) is 2. The van der Waals surface area contributed by atoms with Crippen LogP contribution >= 0.6 is 0 Å². The second-order valence-electron chi connectivity index (χ2n) is 10.9. The first-order chi connectivity index (χ1) is 18.9. The largest absolute Gasteiger partial charge is 0.490 e. The third kappa shape index (κ3) is 5.96. The molecule has 5 N–H and O–H groups in total. The van der Waals surface area contributed by atoms with Crippen LogP contribution in [0.2, 0.25) is 0 Å². The summed E-state index contributed by atoms with van der Waals surface area (Å²) in [6.45, 7) is 2.21. The lowest BCUT2D eigenvalue weighted by molar-refractivity contribution is 0.0695. The highest BCUT2D eigenvalue weighted by Crippen LogP contribution is 2.52. The van der Waals surface area contributed by atoms with Gasteiger partial charge in [0, 0.05) is 30.8 Å². The van der Waals surface area contributed by atoms with Crippen LogP contribution in [0.15, 0.2) is 66.6 Å². The molecule has 0 radical (unpaired) electrons. The average Bonchev–Trinajstić information content (AvgIpc) is 3.61. The van der Waals surface area contributed by atoms with E-state index >= 15 is 0 Å². The minimum atomic E-state index is -0.996. The summed E-state index contributed by atoms with van der Waals surface area (Å²) in [6.07, 6.45) is 11.5. The number of nitrogens with zero attached hydrogens (tertiary/aromatic N) is 3. The lowest BCUT2D eigenvalue weighted by Crippen LogP contribution is -2.28. The van der Waals surface area contributed by atoms with Gasteiger partial charge in [-0.2, -0.15) is 5.10 Å². The minimum absolute atomic E-state index is 0.0252. The van der Waals surface area contributed by atoms with E-state index in [2.05, 4.69) is 30.2 Å². The number of hydrazine groups is 1. The van der Waals surface area contributed by atoms with Crippen molar-refractivity contribution in [2.24, 2.45) is 23.4 Å². The lowest BCUT2D eigenvalue weighted by atomic mass is 9.84. The molecule has 0 aliphatic heterocycles. The first kappa shape index (κ1) is 26.8. The Morgan fingerprint density at radius 2 is 1.90 bits per heavy atom. The lowest BCUT2D eigenvalue weighted by Gasteiger charge is -2.30. The number of carboxylic acid groups (broad SMARTS) is 1. The quantitative estimate of drug-likeness (QED) is 0.228. The number of aromatic nitrogens is 2. The van der Waals surface area contributed by atoms with E-state index in [9.17, 15) is 9.90 Å². The molecule has 8 heteroatoms. The molecule has 2 unspecified atom stereocenters. The van der Waals surface area contributed by atoms with E-state index in [4.69, 9.17) is 16.3 Å². The molecule has 2 fully saturated rings. The van der Waals surface area contributed by atoms with E-state index in [0.29, 0.717) is 17.3 Å². The fraction of sp³-hybridized carbons (Fsp3) is 0.419. The van der Waals surface area contributed by atoms with Gasteiger partial charge >= 0.3 is 5.97 Å². The number of carboxylic acids is 1. The Kier molecular flexibility index (Phi) is 7.93. The van der Waals surface area contributed by atoms with Crippen LogP contribution < -0.4 is 16.3 Å². The highest BCUT2D eigenvalue weighted by Gasteiger charge is 2.45. The Bertz CT molecular complexity index is 1340. The molecule has 2 aliphatic rings. The van der Waals surface area contributed by atoms with Gasteiger partial charge in [0.1, 0.15) is 17.4 Å². The van der Waals surface area contributed by atoms with Crippen LogP contribution in [0.1, 0.15) is 73.8 Å². The SMILES string of the molecule is CCC(Oc1cccc(-c2cccc(-n3ncc(C(=O)O)c3C3C[C@@H]3/C(N)=C/N(C)N)c2)c1)C1CCCCC1. The Morgan fingerprint density at radius 1 is 1.18 bits per heavy atom. The third-order valence-corrected chi connectivity index (χ3v) is 8.08. The molecule has 0 amide bonds. The fourth-order valence-electron chi connectivity index (χ4n) is 6.04. The molecule has 2 aliphatic carbocycles. The van der Waals surface area contributed by atoms with E-state index in [0.717, 1.165) is 35.4 Å². The predicted molar refractivity (Wildman–Crippen MR) is 152 cm³/mol. The zero-order valence-electron chi connectivity index (χ0n) is 22.8. The fourth-order valence-corrected chi connectivity index (χ4v) is 6.04. The van der Waals surface area contributed by atoms with Gasteiger partial charge in [0.25, 0.3) is 0 Å². The predicted octanol–water partition coefficient (Wildman–Crippen LogP) is 5.68. The number of aromatic carboxylic acids is 1. The summed E-state index contributed by atoms with van der Waals surface area (Å²) in [4.78, 5) is 12.1. The van der Waals surface area contributed by atoms with Gasteiger partial charge in [-0.3, -0.25) is 0 Å². The second kappa shape index (κ2) is 11.5. The van der Waals surface area contributed by atoms with E-state index in [-0.39, 0.29) is 23.5 Å². The summed E-state index contributed by atoms with van der Waals surface area (Å²) in [7, 11) is 1.71. The summed E-state index contributed by atoms with van der Waals surface area (Å²) in [5, 5.41) is 15.8. The zero-order chi connectivity index (χ0) is 27.5. The summed E-state index contributed by atoms with van der Waals surface area (Å²) in [5.41, 5.74) is 10.6. The third-order valence-electron chi connectivity index (χ3n) is 8.08. The van der Waals surface area contributed by atoms with Gasteiger partial charge in [-0.15, -0.1) is 0 Å². The highest BCUT2D eigenvalue weighted by atomic mass is 16.5. The molecule has 0 bridgehead atoms. The van der Waals surface area contributed by atoms with Gasteiger partial charge in [-0.05, 0) is 67.0 Å². The van der Waals surface area contributed by atoms with Crippen LogP contribution in [0.5, 0.6) is 5.75 Å². The molecule has 1 heterocycles. The Balaban J connectivity index is 1.42. The number of allylic oxidation sites excluding steroid dienone is 1. The minimum Gasteiger partial charge on any atom is -0.490 e. The van der Waals surface area contributed by atoms with Gasteiger partial charge in [-0.25, -0.2) is 15.3 Å². The normalized spacial score (nSPS) is 20.4. The Hall–Kier alpha value is -3.78. The van der Waals surface area contributed by atoms with Crippen molar-refractivity contribution >= 4 is 5.97 Å². The van der Waals surface area contributed by atoms with Gasteiger partial charge in [-0.1, -0.05) is 50.5 Å². The number of carbonyl (C=O) groups is 1. The van der Waals surface area contributed by atoms with Crippen LogP contribution in [0.4, 0.5) is 0 Å². The van der Waals surface area contributed by atoms with E-state index in [1.165, 1.54) is 43.3 Å². The second-order valence-corrected chi connectivity index (χ2v) is 10.9. The van der Waals surface area contributed by atoms with Crippen molar-refractivity contribution in [1.82, 2.24) is 14.8 Å². The highest BCUT2D eigenvalue weighted by molar-refractivity contribution is 5.89. The van der Waals surface area contributed by atoms with Crippen LogP contribution in [0.25, 0.3) is 16.8 Å². The molecule has 39 heavy (non-hydrogen) atoms. The number of rotatable bonds is 10. The van der Waals surface area contributed by atoms with Gasteiger partial charge in [0.2, 0.25) is 0 Å². The monoisotopic (exact) mass is 529 g/mol. The van der Waals surface area contributed by atoms with Crippen molar-refractivity contribution in [1.29, 1.82) is 0 Å². The topological polar surface area (TPSA) is 120 Å². The van der Waals surface area contributed by atoms with Crippen LogP contribution in [-0.4, -0.2) is 39.0 Å². The Labute approximate surface area is 230 Å². The number of ether oxygens (including phenoxy) is 1. The van der Waals surface area contributed by atoms with Gasteiger partial charge in [0.15, 0.2) is 0 Å². The van der Waals surface area contributed by atoms with Gasteiger partial charge < -0.3 is 20.6 Å². The molecule has 2 aromatic carbocycles. The van der Waals surface area contributed by atoms with Crippen molar-refractivity contribution in [2.75, 3.05) is 7.05 Å². The molecule has 1 aromatic heterocycles. The molecule has 206 valence electrons. The molecule has 0 saturated heterocycles. The maximum absolute atomic E-state index is 12.1. The molecule has 5 rings (SSSR count). The molecule has 3 aromatic rings. The van der Waals surface area contributed by atoms with Crippen molar-refractivity contribution in [2.45, 2.75) is 63.9 Å². The summed E-state index contributed by atoms with van der Waals surface area (Å²) in [6, 6.07) is 16.3. The van der Waals surface area contributed by atoms with E-state index < -0.39 is 5.97 Å². The molecule has 3 atom stereocenters. The van der Waals surface area contributed by atoms with Gasteiger partial charge in [0.05, 0.1) is 17.6 Å². The molecule has 0 spiro atoms. The smallest absolute Gasteiger partial charge is 0.339 e. The average molecular weight is 530 g/mol. The van der Waals surface area contributed by atoms with Crippen molar-refractivity contribution in [3.63, 3.8) is 0 Å². The van der Waals surface area contributed by atoms with E-state index in [1.54, 1.807) is 17.9 Å². The van der Waals surface area contributed by atoms with Crippen molar-refractivity contribution in [3.8, 4) is 22.6 Å². The maximum atomic E-state index is 12.1. The molecular formula is C31H39N5O3. The zero-order valence-corrected chi connectivity index (χ0v) is 22.8. The maximum Gasteiger partial charge on any atom is 0.339 e. The summed E-state index contributed by atoms with van der Waals surface area (Å²) >= 11 is 0. The summed E-state index contributed by atoms with van der Waals surface area (Å²) < 4.78 is 8.26. The summed E-state index contributed by atoms with van der Waals surface area (Å²) in [5.74, 6) is 6.23.